The van der Waals surface area contributed by atoms with Crippen LogP contribution < -0.4 is 10.0 Å². The minimum Gasteiger partial charge on any atom is -0.313 e. The summed E-state index contributed by atoms with van der Waals surface area (Å²) in [5.74, 6) is 0.0806. The summed E-state index contributed by atoms with van der Waals surface area (Å²) >= 11 is 6.66. The summed E-state index contributed by atoms with van der Waals surface area (Å²) in [5, 5.41) is 3.19. The van der Waals surface area contributed by atoms with Crippen molar-refractivity contribution in [2.45, 2.75) is 18.9 Å². The number of benzene rings is 1. The molecule has 18 heavy (non-hydrogen) atoms. The zero-order valence-corrected chi connectivity index (χ0v) is 13.6. The molecule has 1 aliphatic carbocycles. The van der Waals surface area contributed by atoms with Crippen LogP contribution in [0.2, 0.25) is 0 Å². The van der Waals surface area contributed by atoms with Crippen molar-refractivity contribution in [3.8, 4) is 0 Å². The number of rotatable bonds is 6. The van der Waals surface area contributed by atoms with E-state index in [0.717, 1.165) is 21.8 Å². The van der Waals surface area contributed by atoms with E-state index in [9.17, 15) is 8.42 Å². The molecular formula is C11H14Br2N2O2S. The lowest BCUT2D eigenvalue weighted by Crippen LogP contribution is -2.28. The van der Waals surface area contributed by atoms with Gasteiger partial charge in [0, 0.05) is 21.5 Å². The summed E-state index contributed by atoms with van der Waals surface area (Å²) in [4.78, 5) is 0. The molecule has 1 fully saturated rings. The van der Waals surface area contributed by atoms with Crippen LogP contribution in [0.25, 0.3) is 0 Å². The highest BCUT2D eigenvalue weighted by atomic mass is 79.9. The Morgan fingerprint density at radius 2 is 1.83 bits per heavy atom. The molecule has 0 radical (unpaired) electrons. The van der Waals surface area contributed by atoms with Gasteiger partial charge in [-0.15, -0.1) is 0 Å². The topological polar surface area (TPSA) is 58.2 Å². The van der Waals surface area contributed by atoms with Crippen LogP contribution in [0.3, 0.4) is 0 Å². The lowest BCUT2D eigenvalue weighted by molar-refractivity contribution is 0.595. The van der Waals surface area contributed by atoms with Crippen molar-refractivity contribution >= 4 is 47.6 Å². The largest absolute Gasteiger partial charge is 0.313 e. The van der Waals surface area contributed by atoms with Crippen molar-refractivity contribution in [1.82, 2.24) is 5.32 Å². The maximum Gasteiger partial charge on any atom is 0.234 e. The van der Waals surface area contributed by atoms with E-state index in [4.69, 9.17) is 0 Å². The molecule has 0 aromatic heterocycles. The quantitative estimate of drug-likeness (QED) is 0.775. The number of para-hydroxylation sites is 1. The molecule has 0 saturated heterocycles. The normalized spacial score (nSPS) is 15.7. The van der Waals surface area contributed by atoms with Crippen molar-refractivity contribution in [3.63, 3.8) is 0 Å². The third-order valence-electron chi connectivity index (χ3n) is 2.60. The summed E-state index contributed by atoms with van der Waals surface area (Å²) in [6.07, 6.45) is 2.31. The minimum atomic E-state index is -3.32. The molecule has 0 spiro atoms. The molecule has 0 bridgehead atoms. The first-order valence-electron chi connectivity index (χ1n) is 5.66. The van der Waals surface area contributed by atoms with Gasteiger partial charge in [0.2, 0.25) is 10.0 Å². The molecule has 1 saturated carbocycles. The second-order valence-electron chi connectivity index (χ2n) is 4.25. The van der Waals surface area contributed by atoms with E-state index in [1.807, 2.05) is 6.07 Å². The molecular weight excluding hydrogens is 384 g/mol. The molecule has 1 aromatic carbocycles. The van der Waals surface area contributed by atoms with Gasteiger partial charge in [-0.2, -0.15) is 0 Å². The van der Waals surface area contributed by atoms with Crippen molar-refractivity contribution in [2.75, 3.05) is 17.0 Å². The van der Waals surface area contributed by atoms with E-state index in [2.05, 4.69) is 41.9 Å². The van der Waals surface area contributed by atoms with Gasteiger partial charge in [0.25, 0.3) is 0 Å². The first-order valence-corrected chi connectivity index (χ1v) is 8.90. The molecule has 1 aliphatic rings. The van der Waals surface area contributed by atoms with Crippen LogP contribution in [0.15, 0.2) is 27.1 Å². The first kappa shape index (κ1) is 14.3. The molecule has 0 heterocycles. The summed E-state index contributed by atoms with van der Waals surface area (Å²) in [6, 6.07) is 5.95. The molecule has 0 atom stereocenters. The van der Waals surface area contributed by atoms with E-state index in [-0.39, 0.29) is 5.75 Å². The average molecular weight is 398 g/mol. The SMILES string of the molecule is O=S(=O)(CCNC1CC1)Nc1c(Br)cccc1Br. The molecule has 4 nitrogen and oxygen atoms in total. The number of hydrogen-bond donors (Lipinski definition) is 2. The van der Waals surface area contributed by atoms with Gasteiger partial charge in [0.15, 0.2) is 0 Å². The minimum absolute atomic E-state index is 0.0806. The Kier molecular flexibility index (Phi) is 4.69. The van der Waals surface area contributed by atoms with Gasteiger partial charge in [0.05, 0.1) is 11.4 Å². The highest BCUT2D eigenvalue weighted by Crippen LogP contribution is 2.31. The van der Waals surface area contributed by atoms with Crippen LogP contribution in [-0.4, -0.2) is 26.8 Å². The van der Waals surface area contributed by atoms with Gasteiger partial charge >= 0.3 is 0 Å². The van der Waals surface area contributed by atoms with Crippen molar-refractivity contribution in [2.24, 2.45) is 0 Å². The lowest BCUT2D eigenvalue weighted by Gasteiger charge is -2.11. The molecule has 100 valence electrons. The number of halogens is 2. The van der Waals surface area contributed by atoms with E-state index >= 15 is 0 Å². The molecule has 7 heteroatoms. The molecule has 1 aromatic rings. The fourth-order valence-corrected chi connectivity index (χ4v) is 3.97. The molecule has 2 rings (SSSR count). The van der Waals surface area contributed by atoms with Crippen molar-refractivity contribution < 1.29 is 8.42 Å². The van der Waals surface area contributed by atoms with Crippen LogP contribution in [-0.2, 0) is 10.0 Å². The number of hydrogen-bond acceptors (Lipinski definition) is 3. The van der Waals surface area contributed by atoms with Gasteiger partial charge < -0.3 is 5.32 Å². The third kappa shape index (κ3) is 4.22. The van der Waals surface area contributed by atoms with E-state index in [1.165, 1.54) is 0 Å². The van der Waals surface area contributed by atoms with Crippen molar-refractivity contribution in [1.29, 1.82) is 0 Å². The first-order chi connectivity index (χ1) is 8.48. The van der Waals surface area contributed by atoms with Crippen LogP contribution in [0.1, 0.15) is 12.8 Å². The van der Waals surface area contributed by atoms with Crippen LogP contribution in [0.4, 0.5) is 5.69 Å². The lowest BCUT2D eigenvalue weighted by atomic mass is 10.3. The van der Waals surface area contributed by atoms with E-state index in [0.29, 0.717) is 18.3 Å². The molecule has 2 N–H and O–H groups in total. The fraction of sp³-hybridized carbons (Fsp3) is 0.455. The smallest absolute Gasteiger partial charge is 0.234 e. The molecule has 0 amide bonds. The predicted octanol–water partition coefficient (Wildman–Crippen LogP) is 2.71. The van der Waals surface area contributed by atoms with Gasteiger partial charge in [-0.25, -0.2) is 8.42 Å². The second-order valence-corrected chi connectivity index (χ2v) is 7.80. The Balaban J connectivity index is 1.97. The fourth-order valence-electron chi connectivity index (χ4n) is 1.49. The standard InChI is InChI=1S/C11H14Br2N2O2S/c12-9-2-1-3-10(13)11(9)15-18(16,17)7-6-14-8-4-5-8/h1-3,8,14-15H,4-7H2. The maximum absolute atomic E-state index is 11.9. The number of sulfonamides is 1. The number of anilines is 1. The van der Waals surface area contributed by atoms with Gasteiger partial charge in [-0.3, -0.25) is 4.72 Å². The Morgan fingerprint density at radius 1 is 1.22 bits per heavy atom. The van der Waals surface area contributed by atoms with E-state index in [1.54, 1.807) is 12.1 Å². The van der Waals surface area contributed by atoms with Gasteiger partial charge in [-0.05, 0) is 56.8 Å². The van der Waals surface area contributed by atoms with Gasteiger partial charge in [-0.1, -0.05) is 6.07 Å². The van der Waals surface area contributed by atoms with Crippen molar-refractivity contribution in [3.05, 3.63) is 27.1 Å². The van der Waals surface area contributed by atoms with Crippen LogP contribution in [0, 0.1) is 0 Å². The highest BCUT2D eigenvalue weighted by molar-refractivity contribution is 9.11. The third-order valence-corrected chi connectivity index (χ3v) is 5.18. The van der Waals surface area contributed by atoms with Crippen LogP contribution in [0.5, 0.6) is 0 Å². The second kappa shape index (κ2) is 5.90. The summed E-state index contributed by atoms with van der Waals surface area (Å²) in [7, 11) is -3.32. The van der Waals surface area contributed by atoms with Gasteiger partial charge in [0.1, 0.15) is 0 Å². The number of nitrogens with one attached hydrogen (secondary N) is 2. The predicted molar refractivity (Wildman–Crippen MR) is 80.3 cm³/mol. The Hall–Kier alpha value is -0.110. The highest BCUT2D eigenvalue weighted by Gasteiger charge is 2.21. The Labute approximate surface area is 124 Å². The molecule has 0 aliphatic heterocycles. The Morgan fingerprint density at radius 3 is 2.39 bits per heavy atom. The summed E-state index contributed by atoms with van der Waals surface area (Å²) < 4.78 is 27.9. The average Bonchev–Trinajstić information content (AvgIpc) is 3.07. The zero-order chi connectivity index (χ0) is 13.2. The van der Waals surface area contributed by atoms with Crippen LogP contribution >= 0.6 is 31.9 Å². The summed E-state index contributed by atoms with van der Waals surface area (Å²) in [5.41, 5.74) is 0.545. The summed E-state index contributed by atoms with van der Waals surface area (Å²) in [6.45, 7) is 0.488. The van der Waals surface area contributed by atoms with E-state index < -0.39 is 10.0 Å². The monoisotopic (exact) mass is 396 g/mol. The molecule has 0 unspecified atom stereocenters. The Bertz CT molecular complexity index is 510. The maximum atomic E-state index is 11.9. The zero-order valence-electron chi connectivity index (χ0n) is 9.62.